The minimum absolute atomic E-state index is 1.14. The summed E-state index contributed by atoms with van der Waals surface area (Å²) in [5.74, 6) is 0. The molecule has 0 spiro atoms. The third kappa shape index (κ3) is 2.66. The molecule has 2 rings (SSSR count). The molecule has 1 N–H and O–H groups in total. The van der Waals surface area contributed by atoms with Crippen molar-refractivity contribution in [2.45, 2.75) is 12.8 Å². The molecule has 70 valence electrons. The normalized spacial score (nSPS) is 17.5. The van der Waals surface area contributed by atoms with Crippen molar-refractivity contribution in [1.82, 2.24) is 5.32 Å². The Morgan fingerprint density at radius 1 is 1.38 bits per heavy atom. The van der Waals surface area contributed by atoms with E-state index in [-0.39, 0.29) is 0 Å². The van der Waals surface area contributed by atoms with E-state index in [1.807, 2.05) is 0 Å². The zero-order valence-corrected chi connectivity index (χ0v) is 9.75. The maximum Gasteiger partial charge on any atom is 0.0288 e. The molecule has 0 unspecified atom stereocenters. The van der Waals surface area contributed by atoms with Gasteiger partial charge in [0.05, 0.1) is 0 Å². The fourth-order valence-electron chi connectivity index (χ4n) is 1.50. The number of piperidine rings is 1. The van der Waals surface area contributed by atoms with Crippen LogP contribution in [0.2, 0.25) is 0 Å². The number of thiophene rings is 1. The number of nitrogens with one attached hydrogen (secondary N) is 1. The molecule has 0 aromatic carbocycles. The SMILES string of the molecule is Brc1csc(C=C2CCNCC2)c1. The summed E-state index contributed by atoms with van der Waals surface area (Å²) in [6, 6.07) is 2.18. The lowest BCUT2D eigenvalue weighted by Gasteiger charge is -2.14. The smallest absolute Gasteiger partial charge is 0.0288 e. The molecule has 1 aromatic rings. The summed E-state index contributed by atoms with van der Waals surface area (Å²) in [5.41, 5.74) is 1.58. The molecule has 0 saturated carbocycles. The first kappa shape index (κ1) is 9.44. The van der Waals surface area contributed by atoms with Gasteiger partial charge in [0.15, 0.2) is 0 Å². The quantitative estimate of drug-likeness (QED) is 0.815. The second kappa shape index (κ2) is 4.40. The highest BCUT2D eigenvalue weighted by molar-refractivity contribution is 9.10. The average Bonchev–Trinajstić information content (AvgIpc) is 2.53. The number of rotatable bonds is 1. The molecule has 0 atom stereocenters. The first-order valence-corrected chi connectivity index (χ1v) is 6.16. The van der Waals surface area contributed by atoms with Crippen LogP contribution in [0, 0.1) is 0 Å². The number of hydrogen-bond acceptors (Lipinski definition) is 2. The van der Waals surface area contributed by atoms with Gasteiger partial charge in [0, 0.05) is 14.7 Å². The van der Waals surface area contributed by atoms with Gasteiger partial charge in [-0.3, -0.25) is 0 Å². The van der Waals surface area contributed by atoms with E-state index in [1.54, 1.807) is 16.9 Å². The fourth-order valence-corrected chi connectivity index (χ4v) is 2.92. The second-order valence-electron chi connectivity index (χ2n) is 3.22. The van der Waals surface area contributed by atoms with Gasteiger partial charge < -0.3 is 5.32 Å². The van der Waals surface area contributed by atoms with Crippen LogP contribution in [-0.2, 0) is 0 Å². The van der Waals surface area contributed by atoms with Crippen molar-refractivity contribution in [3.63, 3.8) is 0 Å². The van der Waals surface area contributed by atoms with E-state index in [0.717, 1.165) is 13.1 Å². The topological polar surface area (TPSA) is 12.0 Å². The fraction of sp³-hybridized carbons (Fsp3) is 0.400. The molecular formula is C10H12BrNS. The second-order valence-corrected chi connectivity index (χ2v) is 5.08. The molecule has 1 nitrogen and oxygen atoms in total. The van der Waals surface area contributed by atoms with Crippen LogP contribution in [0.3, 0.4) is 0 Å². The molecule has 1 saturated heterocycles. The lowest BCUT2D eigenvalue weighted by molar-refractivity contribution is 0.613. The van der Waals surface area contributed by atoms with Crippen molar-refractivity contribution in [2.24, 2.45) is 0 Å². The summed E-state index contributed by atoms with van der Waals surface area (Å²) in [5, 5.41) is 5.49. The van der Waals surface area contributed by atoms with Crippen LogP contribution in [0.4, 0.5) is 0 Å². The van der Waals surface area contributed by atoms with Gasteiger partial charge in [-0.05, 0) is 54.0 Å². The molecule has 3 heteroatoms. The summed E-state index contributed by atoms with van der Waals surface area (Å²) in [4.78, 5) is 1.36. The van der Waals surface area contributed by atoms with Gasteiger partial charge in [-0.15, -0.1) is 11.3 Å². The molecule has 1 aliphatic rings. The van der Waals surface area contributed by atoms with Gasteiger partial charge in [0.2, 0.25) is 0 Å². The van der Waals surface area contributed by atoms with E-state index >= 15 is 0 Å². The van der Waals surface area contributed by atoms with E-state index < -0.39 is 0 Å². The molecule has 1 aromatic heterocycles. The Balaban J connectivity index is 2.09. The molecule has 2 heterocycles. The van der Waals surface area contributed by atoms with E-state index in [0.29, 0.717) is 0 Å². The van der Waals surface area contributed by atoms with Crippen LogP contribution in [0.1, 0.15) is 17.7 Å². The maximum absolute atomic E-state index is 3.47. The zero-order valence-electron chi connectivity index (χ0n) is 7.35. The predicted octanol–water partition coefficient (Wildman–Crippen LogP) is 3.28. The van der Waals surface area contributed by atoms with Crippen molar-refractivity contribution in [3.05, 3.63) is 26.4 Å². The van der Waals surface area contributed by atoms with Crippen molar-refractivity contribution in [2.75, 3.05) is 13.1 Å². The molecule has 0 radical (unpaired) electrons. The van der Waals surface area contributed by atoms with Gasteiger partial charge in [0.25, 0.3) is 0 Å². The lowest BCUT2D eigenvalue weighted by Crippen LogP contribution is -2.22. The first-order chi connectivity index (χ1) is 6.34. The van der Waals surface area contributed by atoms with Crippen LogP contribution in [0.5, 0.6) is 0 Å². The average molecular weight is 258 g/mol. The van der Waals surface area contributed by atoms with Gasteiger partial charge in [-0.2, -0.15) is 0 Å². The van der Waals surface area contributed by atoms with Crippen molar-refractivity contribution < 1.29 is 0 Å². The monoisotopic (exact) mass is 257 g/mol. The Labute approximate surface area is 91.0 Å². The van der Waals surface area contributed by atoms with Crippen LogP contribution >= 0.6 is 27.3 Å². The van der Waals surface area contributed by atoms with E-state index in [2.05, 4.69) is 38.8 Å². The number of hydrogen-bond donors (Lipinski definition) is 1. The van der Waals surface area contributed by atoms with Crippen molar-refractivity contribution >= 4 is 33.3 Å². The Kier molecular flexibility index (Phi) is 3.19. The molecule has 0 amide bonds. The Morgan fingerprint density at radius 3 is 2.77 bits per heavy atom. The van der Waals surface area contributed by atoms with Gasteiger partial charge in [-0.25, -0.2) is 0 Å². The largest absolute Gasteiger partial charge is 0.316 e. The molecule has 1 fully saturated rings. The van der Waals surface area contributed by atoms with Gasteiger partial charge in [0.1, 0.15) is 0 Å². The van der Waals surface area contributed by atoms with Crippen molar-refractivity contribution in [1.29, 1.82) is 0 Å². The van der Waals surface area contributed by atoms with Crippen LogP contribution in [0.25, 0.3) is 6.08 Å². The molecule has 0 aliphatic carbocycles. The van der Waals surface area contributed by atoms with Crippen LogP contribution in [-0.4, -0.2) is 13.1 Å². The number of halogens is 1. The minimum atomic E-state index is 1.14. The summed E-state index contributed by atoms with van der Waals surface area (Å²) in [6.45, 7) is 2.27. The third-order valence-corrected chi connectivity index (χ3v) is 3.82. The highest BCUT2D eigenvalue weighted by Gasteiger charge is 2.04. The third-order valence-electron chi connectivity index (χ3n) is 2.18. The van der Waals surface area contributed by atoms with E-state index in [1.165, 1.54) is 22.2 Å². The summed E-state index contributed by atoms with van der Waals surface area (Å²) >= 11 is 5.27. The van der Waals surface area contributed by atoms with Crippen LogP contribution in [0.15, 0.2) is 21.5 Å². The Hall–Kier alpha value is -0.120. The zero-order chi connectivity index (χ0) is 9.10. The minimum Gasteiger partial charge on any atom is -0.316 e. The molecule has 0 bridgehead atoms. The van der Waals surface area contributed by atoms with Gasteiger partial charge >= 0.3 is 0 Å². The Morgan fingerprint density at radius 2 is 2.15 bits per heavy atom. The summed E-state index contributed by atoms with van der Waals surface area (Å²) in [7, 11) is 0. The molecule has 1 aliphatic heterocycles. The lowest BCUT2D eigenvalue weighted by atomic mass is 10.1. The predicted molar refractivity (Wildman–Crippen MR) is 62.1 cm³/mol. The molecule has 13 heavy (non-hydrogen) atoms. The summed E-state index contributed by atoms with van der Waals surface area (Å²) < 4.78 is 1.19. The van der Waals surface area contributed by atoms with E-state index in [4.69, 9.17) is 0 Å². The highest BCUT2D eigenvalue weighted by atomic mass is 79.9. The molecular weight excluding hydrogens is 246 g/mol. The standard InChI is InChI=1S/C10H12BrNS/c11-9-6-10(13-7-9)5-8-1-3-12-4-2-8/h5-7,12H,1-4H2. The van der Waals surface area contributed by atoms with E-state index in [9.17, 15) is 0 Å². The highest BCUT2D eigenvalue weighted by Crippen LogP contribution is 2.24. The Bertz CT molecular complexity index is 308. The summed E-state index contributed by atoms with van der Waals surface area (Å²) in [6.07, 6.45) is 4.74. The first-order valence-electron chi connectivity index (χ1n) is 4.49. The van der Waals surface area contributed by atoms with Crippen LogP contribution < -0.4 is 5.32 Å². The van der Waals surface area contributed by atoms with Crippen molar-refractivity contribution in [3.8, 4) is 0 Å². The maximum atomic E-state index is 3.47. The van der Waals surface area contributed by atoms with Gasteiger partial charge in [-0.1, -0.05) is 5.57 Å².